The van der Waals surface area contributed by atoms with Crippen LogP contribution in [0.3, 0.4) is 0 Å². The van der Waals surface area contributed by atoms with Gasteiger partial charge in [0, 0.05) is 30.2 Å². The van der Waals surface area contributed by atoms with Crippen molar-refractivity contribution < 1.29 is 9.53 Å². The Balaban J connectivity index is 1.48. The smallest absolute Gasteiger partial charge is 0.255 e. The second-order valence-corrected chi connectivity index (χ2v) is 7.46. The number of carbonyl (C=O) groups excluding carboxylic acids is 1. The van der Waals surface area contributed by atoms with Crippen LogP contribution in [0.25, 0.3) is 10.9 Å². The van der Waals surface area contributed by atoms with Crippen LogP contribution in [-0.2, 0) is 17.7 Å². The van der Waals surface area contributed by atoms with Crippen LogP contribution in [0.5, 0.6) is 0 Å². The number of fused-ring (bicyclic) bond motifs is 1. The second kappa shape index (κ2) is 8.10. The SMILES string of the molecule is CCCn1cc(C(=O)N[C@@H]2COC[C@H]2Cc2ccnc3ccccc23)c(C)n1. The fourth-order valence-corrected chi connectivity index (χ4v) is 3.91. The Bertz CT molecular complexity index is 976. The Morgan fingerprint density at radius 3 is 3.00 bits per heavy atom. The van der Waals surface area contributed by atoms with Gasteiger partial charge in [-0.05, 0) is 37.5 Å². The Morgan fingerprint density at radius 1 is 1.29 bits per heavy atom. The van der Waals surface area contributed by atoms with Crippen molar-refractivity contribution in [3.8, 4) is 0 Å². The molecule has 1 N–H and O–H groups in total. The Morgan fingerprint density at radius 2 is 2.14 bits per heavy atom. The van der Waals surface area contributed by atoms with Gasteiger partial charge < -0.3 is 10.1 Å². The molecule has 2 atom stereocenters. The molecule has 1 saturated heterocycles. The quantitative estimate of drug-likeness (QED) is 0.715. The lowest BCUT2D eigenvalue weighted by atomic mass is 9.93. The van der Waals surface area contributed by atoms with E-state index in [1.807, 2.05) is 42.2 Å². The van der Waals surface area contributed by atoms with E-state index in [4.69, 9.17) is 4.74 Å². The van der Waals surface area contributed by atoms with E-state index in [2.05, 4.69) is 34.5 Å². The summed E-state index contributed by atoms with van der Waals surface area (Å²) < 4.78 is 7.56. The predicted octanol–water partition coefficient (Wildman–Crippen LogP) is 3.14. The molecule has 0 spiro atoms. The molecule has 0 bridgehead atoms. The summed E-state index contributed by atoms with van der Waals surface area (Å²) in [6.45, 7) is 5.99. The summed E-state index contributed by atoms with van der Waals surface area (Å²) in [7, 11) is 0. The summed E-state index contributed by atoms with van der Waals surface area (Å²) in [5.41, 5.74) is 3.65. The van der Waals surface area contributed by atoms with E-state index < -0.39 is 0 Å². The van der Waals surface area contributed by atoms with Gasteiger partial charge >= 0.3 is 0 Å². The van der Waals surface area contributed by atoms with E-state index in [1.165, 1.54) is 10.9 Å². The van der Waals surface area contributed by atoms with E-state index in [0.717, 1.165) is 30.6 Å². The fraction of sp³-hybridized carbons (Fsp3) is 0.409. The van der Waals surface area contributed by atoms with Gasteiger partial charge in [0.15, 0.2) is 0 Å². The molecule has 6 nitrogen and oxygen atoms in total. The number of carbonyl (C=O) groups is 1. The van der Waals surface area contributed by atoms with Crippen molar-refractivity contribution in [1.82, 2.24) is 20.1 Å². The molecule has 0 aliphatic carbocycles. The number of ether oxygens (including phenoxy) is 1. The van der Waals surface area contributed by atoms with Crippen LogP contribution in [0.1, 0.15) is 35.0 Å². The highest BCUT2D eigenvalue weighted by Gasteiger charge is 2.31. The number of hydrogen-bond acceptors (Lipinski definition) is 4. The van der Waals surface area contributed by atoms with E-state index in [1.54, 1.807) is 0 Å². The Labute approximate surface area is 164 Å². The van der Waals surface area contributed by atoms with Gasteiger partial charge in [0.2, 0.25) is 0 Å². The van der Waals surface area contributed by atoms with Crippen molar-refractivity contribution >= 4 is 16.8 Å². The standard InChI is InChI=1S/C22H26N4O2/c1-3-10-26-12-19(15(2)25-26)22(27)24-21-14-28-13-17(21)11-16-8-9-23-20-7-5-4-6-18(16)20/h4-9,12,17,21H,3,10-11,13-14H2,1-2H3,(H,24,27)/t17-,21-/m1/s1. The van der Waals surface area contributed by atoms with Crippen LogP contribution in [0.4, 0.5) is 0 Å². The molecule has 146 valence electrons. The maximum Gasteiger partial charge on any atom is 0.255 e. The van der Waals surface area contributed by atoms with Gasteiger partial charge in [0.25, 0.3) is 5.91 Å². The topological polar surface area (TPSA) is 69.0 Å². The van der Waals surface area contributed by atoms with E-state index >= 15 is 0 Å². The maximum atomic E-state index is 12.8. The lowest BCUT2D eigenvalue weighted by Crippen LogP contribution is -2.40. The number of rotatable bonds is 6. The van der Waals surface area contributed by atoms with Gasteiger partial charge in [-0.2, -0.15) is 5.10 Å². The first kappa shape index (κ1) is 18.6. The van der Waals surface area contributed by atoms with Crippen molar-refractivity contribution in [1.29, 1.82) is 0 Å². The molecule has 1 fully saturated rings. The van der Waals surface area contributed by atoms with Crippen LogP contribution in [-0.4, -0.2) is 39.9 Å². The van der Waals surface area contributed by atoms with Gasteiger partial charge in [-0.15, -0.1) is 0 Å². The summed E-state index contributed by atoms with van der Waals surface area (Å²) in [6.07, 6.45) is 5.53. The molecule has 1 aliphatic heterocycles. The highest BCUT2D eigenvalue weighted by Crippen LogP contribution is 2.24. The monoisotopic (exact) mass is 378 g/mol. The summed E-state index contributed by atoms with van der Waals surface area (Å²) in [5, 5.41) is 8.78. The molecular formula is C22H26N4O2. The molecule has 0 saturated carbocycles. The molecule has 28 heavy (non-hydrogen) atoms. The number of aromatic nitrogens is 3. The number of nitrogens with zero attached hydrogens (tertiary/aromatic N) is 3. The zero-order valence-electron chi connectivity index (χ0n) is 16.4. The molecule has 3 aromatic rings. The number of nitrogens with one attached hydrogen (secondary N) is 1. The minimum atomic E-state index is -0.0695. The fourth-order valence-electron chi connectivity index (χ4n) is 3.91. The van der Waals surface area contributed by atoms with Gasteiger partial charge in [-0.1, -0.05) is 25.1 Å². The third-order valence-corrected chi connectivity index (χ3v) is 5.38. The molecule has 2 aromatic heterocycles. The lowest BCUT2D eigenvalue weighted by Gasteiger charge is -2.19. The third-order valence-electron chi connectivity index (χ3n) is 5.38. The average Bonchev–Trinajstić information content (AvgIpc) is 3.28. The predicted molar refractivity (Wildman–Crippen MR) is 108 cm³/mol. The first-order valence-corrected chi connectivity index (χ1v) is 9.91. The molecule has 3 heterocycles. The van der Waals surface area contributed by atoms with Crippen LogP contribution in [0.2, 0.25) is 0 Å². The number of amides is 1. The minimum absolute atomic E-state index is 0.00615. The molecule has 4 rings (SSSR count). The third kappa shape index (κ3) is 3.78. The number of para-hydroxylation sites is 1. The van der Waals surface area contributed by atoms with E-state index in [-0.39, 0.29) is 17.9 Å². The summed E-state index contributed by atoms with van der Waals surface area (Å²) in [6, 6.07) is 10.2. The average molecular weight is 378 g/mol. The number of aryl methyl sites for hydroxylation is 2. The largest absolute Gasteiger partial charge is 0.379 e. The van der Waals surface area contributed by atoms with Crippen molar-refractivity contribution in [2.75, 3.05) is 13.2 Å². The first-order valence-electron chi connectivity index (χ1n) is 9.91. The van der Waals surface area contributed by atoms with Crippen molar-refractivity contribution in [2.24, 2.45) is 5.92 Å². The molecule has 0 radical (unpaired) electrons. The van der Waals surface area contributed by atoms with Gasteiger partial charge in [-0.25, -0.2) is 0 Å². The van der Waals surface area contributed by atoms with Crippen molar-refractivity contribution in [3.63, 3.8) is 0 Å². The Hall–Kier alpha value is -2.73. The van der Waals surface area contributed by atoms with Crippen molar-refractivity contribution in [3.05, 3.63) is 59.5 Å². The highest BCUT2D eigenvalue weighted by molar-refractivity contribution is 5.95. The maximum absolute atomic E-state index is 12.8. The van der Waals surface area contributed by atoms with Crippen molar-refractivity contribution in [2.45, 2.75) is 39.3 Å². The summed E-state index contributed by atoms with van der Waals surface area (Å²) >= 11 is 0. The van der Waals surface area contributed by atoms with Crippen LogP contribution >= 0.6 is 0 Å². The van der Waals surface area contributed by atoms with Gasteiger partial charge in [-0.3, -0.25) is 14.5 Å². The zero-order chi connectivity index (χ0) is 19.5. The van der Waals surface area contributed by atoms with Crippen LogP contribution in [0, 0.1) is 12.8 Å². The molecule has 1 amide bonds. The number of hydrogen-bond donors (Lipinski definition) is 1. The Kier molecular flexibility index (Phi) is 5.39. The number of pyridine rings is 1. The van der Waals surface area contributed by atoms with E-state index in [0.29, 0.717) is 18.8 Å². The minimum Gasteiger partial charge on any atom is -0.379 e. The lowest BCUT2D eigenvalue weighted by molar-refractivity contribution is 0.0924. The zero-order valence-corrected chi connectivity index (χ0v) is 16.4. The second-order valence-electron chi connectivity index (χ2n) is 7.46. The molecule has 0 unspecified atom stereocenters. The first-order chi connectivity index (χ1) is 13.7. The highest BCUT2D eigenvalue weighted by atomic mass is 16.5. The molecule has 1 aliphatic rings. The van der Waals surface area contributed by atoms with Gasteiger partial charge in [0.05, 0.1) is 36.0 Å². The van der Waals surface area contributed by atoms with Crippen LogP contribution in [0.15, 0.2) is 42.7 Å². The van der Waals surface area contributed by atoms with Gasteiger partial charge in [0.1, 0.15) is 0 Å². The molecular weight excluding hydrogens is 352 g/mol. The molecule has 1 aromatic carbocycles. The van der Waals surface area contributed by atoms with E-state index in [9.17, 15) is 4.79 Å². The normalized spacial score (nSPS) is 19.2. The summed E-state index contributed by atoms with van der Waals surface area (Å²) in [4.78, 5) is 17.3. The number of benzene rings is 1. The van der Waals surface area contributed by atoms with Crippen LogP contribution < -0.4 is 5.32 Å². The summed E-state index contributed by atoms with van der Waals surface area (Å²) in [5.74, 6) is 0.167. The molecule has 6 heteroatoms.